The number of Topliss-reactive ketones (excluding diaryl/α,β-unsaturated/α-hetero) is 1. The number of esters is 1. The molecule has 0 aliphatic carbocycles. The zero-order valence-electron chi connectivity index (χ0n) is 14.9. The Kier molecular flexibility index (Phi) is 6.03. The third-order valence-electron chi connectivity index (χ3n) is 3.82. The van der Waals surface area contributed by atoms with Gasteiger partial charge in [-0.3, -0.25) is 14.6 Å². The van der Waals surface area contributed by atoms with E-state index in [-0.39, 0.29) is 11.5 Å². The second-order valence-corrected chi connectivity index (χ2v) is 6.71. The van der Waals surface area contributed by atoms with E-state index in [4.69, 9.17) is 9.47 Å². The van der Waals surface area contributed by atoms with Gasteiger partial charge in [-0.2, -0.15) is 0 Å². The van der Waals surface area contributed by atoms with Crippen molar-refractivity contribution in [2.24, 2.45) is 0 Å². The SMILES string of the molecule is COc1ccc(C(=O)[C@H](C)OC(=O)CSc2cnc3ccccc3n2)cc1. The summed E-state index contributed by atoms with van der Waals surface area (Å²) in [6.07, 6.45) is 0.751. The summed E-state index contributed by atoms with van der Waals surface area (Å²) in [5.74, 6) is -0.0392. The Morgan fingerprint density at radius 1 is 1.07 bits per heavy atom. The third-order valence-corrected chi connectivity index (χ3v) is 4.69. The number of thioether (sulfide) groups is 1. The number of para-hydroxylation sites is 2. The first kappa shape index (κ1) is 18.8. The highest BCUT2D eigenvalue weighted by atomic mass is 32.2. The Morgan fingerprint density at radius 2 is 1.78 bits per heavy atom. The molecule has 0 N–H and O–H groups in total. The molecule has 27 heavy (non-hydrogen) atoms. The lowest BCUT2D eigenvalue weighted by molar-refractivity contribution is -0.143. The minimum absolute atomic E-state index is 0.0489. The number of carbonyl (C=O) groups excluding carboxylic acids is 2. The van der Waals surface area contributed by atoms with Crippen molar-refractivity contribution in [2.45, 2.75) is 18.1 Å². The summed E-state index contributed by atoms with van der Waals surface area (Å²) in [4.78, 5) is 33.2. The van der Waals surface area contributed by atoms with Crippen molar-refractivity contribution in [1.29, 1.82) is 0 Å². The number of hydrogen-bond donors (Lipinski definition) is 0. The van der Waals surface area contributed by atoms with Gasteiger partial charge in [0.05, 0.1) is 30.1 Å². The third kappa shape index (κ3) is 4.83. The van der Waals surface area contributed by atoms with Gasteiger partial charge in [0.2, 0.25) is 5.78 Å². The van der Waals surface area contributed by atoms with Gasteiger partial charge in [0.25, 0.3) is 0 Å². The molecule has 3 rings (SSSR count). The predicted molar refractivity (Wildman–Crippen MR) is 103 cm³/mol. The summed E-state index contributed by atoms with van der Waals surface area (Å²) in [5, 5.41) is 0.625. The monoisotopic (exact) mass is 382 g/mol. The first-order valence-electron chi connectivity index (χ1n) is 8.29. The van der Waals surface area contributed by atoms with Crippen LogP contribution in [0, 0.1) is 0 Å². The lowest BCUT2D eigenvalue weighted by Crippen LogP contribution is -2.25. The Labute approximate surface area is 160 Å². The first-order valence-corrected chi connectivity index (χ1v) is 9.27. The number of nitrogens with zero attached hydrogens (tertiary/aromatic N) is 2. The normalized spacial score (nSPS) is 11.8. The zero-order chi connectivity index (χ0) is 19.2. The molecule has 0 saturated heterocycles. The molecule has 0 unspecified atom stereocenters. The van der Waals surface area contributed by atoms with E-state index in [9.17, 15) is 9.59 Å². The van der Waals surface area contributed by atoms with Crippen molar-refractivity contribution in [1.82, 2.24) is 9.97 Å². The van der Waals surface area contributed by atoms with Crippen LogP contribution in [-0.2, 0) is 9.53 Å². The van der Waals surface area contributed by atoms with Gasteiger partial charge in [-0.1, -0.05) is 23.9 Å². The maximum absolute atomic E-state index is 12.4. The second-order valence-electron chi connectivity index (χ2n) is 5.71. The maximum Gasteiger partial charge on any atom is 0.317 e. The van der Waals surface area contributed by atoms with Crippen LogP contribution in [-0.4, -0.2) is 40.7 Å². The minimum Gasteiger partial charge on any atom is -0.497 e. The van der Waals surface area contributed by atoms with Crippen LogP contribution in [0.25, 0.3) is 11.0 Å². The molecule has 0 saturated carbocycles. The molecule has 0 aliphatic heterocycles. The van der Waals surface area contributed by atoms with Crippen LogP contribution in [0.15, 0.2) is 59.8 Å². The fourth-order valence-electron chi connectivity index (χ4n) is 2.42. The molecular weight excluding hydrogens is 364 g/mol. The van der Waals surface area contributed by atoms with Crippen molar-refractivity contribution in [2.75, 3.05) is 12.9 Å². The molecule has 0 amide bonds. The van der Waals surface area contributed by atoms with Crippen LogP contribution < -0.4 is 4.74 Å². The number of methoxy groups -OCH3 is 1. The van der Waals surface area contributed by atoms with Gasteiger partial charge in [0.15, 0.2) is 6.10 Å². The van der Waals surface area contributed by atoms with Crippen LogP contribution in [0.2, 0.25) is 0 Å². The zero-order valence-corrected chi connectivity index (χ0v) is 15.7. The van der Waals surface area contributed by atoms with Gasteiger partial charge < -0.3 is 9.47 Å². The highest BCUT2D eigenvalue weighted by Crippen LogP contribution is 2.19. The number of hydrogen-bond acceptors (Lipinski definition) is 7. The summed E-state index contributed by atoms with van der Waals surface area (Å²) in [5.41, 5.74) is 2.02. The Bertz CT molecular complexity index is 960. The van der Waals surface area contributed by atoms with Crippen LogP contribution in [0.5, 0.6) is 5.75 Å². The molecule has 0 aliphatic rings. The highest BCUT2D eigenvalue weighted by Gasteiger charge is 2.19. The molecule has 2 aromatic carbocycles. The summed E-state index contributed by atoms with van der Waals surface area (Å²) < 4.78 is 10.3. The van der Waals surface area contributed by atoms with Crippen molar-refractivity contribution >= 4 is 34.5 Å². The van der Waals surface area contributed by atoms with Gasteiger partial charge in [-0.05, 0) is 43.3 Å². The number of rotatable bonds is 7. The van der Waals surface area contributed by atoms with E-state index in [0.29, 0.717) is 16.3 Å². The van der Waals surface area contributed by atoms with Crippen LogP contribution in [0.4, 0.5) is 0 Å². The molecule has 0 spiro atoms. The molecule has 0 fully saturated rings. The lowest BCUT2D eigenvalue weighted by atomic mass is 10.1. The fourth-order valence-corrected chi connectivity index (χ4v) is 3.04. The van der Waals surface area contributed by atoms with Gasteiger partial charge >= 0.3 is 5.97 Å². The molecule has 0 radical (unpaired) electrons. The average Bonchev–Trinajstić information content (AvgIpc) is 2.71. The standard InChI is InChI=1S/C20H18N2O4S/c1-13(20(24)14-7-9-15(25-2)10-8-14)26-19(23)12-27-18-11-21-16-5-3-4-6-17(16)22-18/h3-11,13H,12H2,1-2H3/t13-/m0/s1. The average molecular weight is 382 g/mol. The quantitative estimate of drug-likeness (QED) is 0.351. The van der Waals surface area contributed by atoms with Crippen molar-refractivity contribution in [3.8, 4) is 5.75 Å². The number of aromatic nitrogens is 2. The second kappa shape index (κ2) is 8.64. The maximum atomic E-state index is 12.4. The number of ketones is 1. The van der Waals surface area contributed by atoms with Crippen molar-refractivity contribution in [3.63, 3.8) is 0 Å². The summed E-state index contributed by atoms with van der Waals surface area (Å²) >= 11 is 1.22. The molecule has 1 atom stereocenters. The van der Waals surface area contributed by atoms with Gasteiger partial charge in [0.1, 0.15) is 10.8 Å². The summed E-state index contributed by atoms with van der Waals surface area (Å²) in [6.45, 7) is 1.56. The lowest BCUT2D eigenvalue weighted by Gasteiger charge is -2.12. The number of carbonyl (C=O) groups is 2. The topological polar surface area (TPSA) is 78.4 Å². The number of fused-ring (bicyclic) bond motifs is 1. The van der Waals surface area contributed by atoms with E-state index in [1.165, 1.54) is 11.8 Å². The predicted octanol–water partition coefficient (Wildman–Crippen LogP) is 3.55. The number of ether oxygens (including phenoxy) is 2. The Balaban J connectivity index is 1.55. The van der Waals surface area contributed by atoms with Gasteiger partial charge in [-0.15, -0.1) is 0 Å². The molecule has 3 aromatic rings. The summed E-state index contributed by atoms with van der Waals surface area (Å²) in [7, 11) is 1.55. The van der Waals surface area contributed by atoms with Crippen LogP contribution >= 0.6 is 11.8 Å². The van der Waals surface area contributed by atoms with Crippen molar-refractivity contribution < 1.29 is 19.1 Å². The van der Waals surface area contributed by atoms with E-state index >= 15 is 0 Å². The number of benzene rings is 2. The smallest absolute Gasteiger partial charge is 0.317 e. The molecule has 0 bridgehead atoms. The molecular formula is C20H18N2O4S. The molecule has 138 valence electrons. The van der Waals surface area contributed by atoms with E-state index in [1.54, 1.807) is 44.5 Å². The van der Waals surface area contributed by atoms with Crippen molar-refractivity contribution in [3.05, 3.63) is 60.3 Å². The molecule has 7 heteroatoms. The fraction of sp³-hybridized carbons (Fsp3) is 0.200. The minimum atomic E-state index is -0.866. The Morgan fingerprint density at radius 3 is 2.48 bits per heavy atom. The first-order chi connectivity index (χ1) is 13.1. The van der Waals surface area contributed by atoms with E-state index in [2.05, 4.69) is 9.97 Å². The molecule has 1 aromatic heterocycles. The van der Waals surface area contributed by atoms with Gasteiger partial charge in [0, 0.05) is 5.56 Å². The summed E-state index contributed by atoms with van der Waals surface area (Å²) in [6, 6.07) is 14.2. The van der Waals surface area contributed by atoms with E-state index < -0.39 is 12.1 Å². The van der Waals surface area contributed by atoms with E-state index in [0.717, 1.165) is 11.0 Å². The highest BCUT2D eigenvalue weighted by molar-refractivity contribution is 7.99. The Hall–Kier alpha value is -2.93. The van der Waals surface area contributed by atoms with Crippen LogP contribution in [0.1, 0.15) is 17.3 Å². The van der Waals surface area contributed by atoms with E-state index in [1.807, 2.05) is 24.3 Å². The van der Waals surface area contributed by atoms with Gasteiger partial charge in [-0.25, -0.2) is 4.98 Å². The molecule has 1 heterocycles. The van der Waals surface area contributed by atoms with Crippen LogP contribution in [0.3, 0.4) is 0 Å². The molecule has 6 nitrogen and oxygen atoms in total. The largest absolute Gasteiger partial charge is 0.497 e.